The van der Waals surface area contributed by atoms with Gasteiger partial charge in [0.2, 0.25) is 0 Å². The van der Waals surface area contributed by atoms with Crippen LogP contribution in [0, 0.1) is 10.8 Å². The average Bonchev–Trinajstić information content (AvgIpc) is 1.96. The van der Waals surface area contributed by atoms with Crippen LogP contribution in [0.4, 0.5) is 0 Å². The van der Waals surface area contributed by atoms with Gasteiger partial charge in [0, 0.05) is 0 Å². The summed E-state index contributed by atoms with van der Waals surface area (Å²) in [6.07, 6.45) is 3.23. The molecule has 1 atom stereocenters. The zero-order chi connectivity index (χ0) is 11.3. The maximum Gasteiger partial charge on any atom is 0.320 e. The molecule has 0 amide bonds. The summed E-state index contributed by atoms with van der Waals surface area (Å²) in [5.74, 6) is -1.72. The lowest BCUT2D eigenvalue weighted by molar-refractivity contribution is -0.218. The van der Waals surface area contributed by atoms with E-state index in [2.05, 4.69) is 0 Å². The van der Waals surface area contributed by atoms with Gasteiger partial charge in [0.15, 0.2) is 0 Å². The highest BCUT2D eigenvalue weighted by Gasteiger charge is 2.67. The van der Waals surface area contributed by atoms with Crippen molar-refractivity contribution < 1.29 is 19.8 Å². The van der Waals surface area contributed by atoms with Crippen molar-refractivity contribution in [3.8, 4) is 0 Å². The summed E-state index contributed by atoms with van der Waals surface area (Å²) in [5.41, 5.74) is 5.49. The van der Waals surface area contributed by atoms with Crippen LogP contribution >= 0.6 is 0 Å². The van der Waals surface area contributed by atoms with Crippen LogP contribution < -0.4 is 5.73 Å². The molecule has 4 N–H and O–H groups in total. The van der Waals surface area contributed by atoms with Crippen LogP contribution in [0.5, 0.6) is 0 Å². The van der Waals surface area contributed by atoms with E-state index >= 15 is 0 Å². The summed E-state index contributed by atoms with van der Waals surface area (Å²) in [7, 11) is 0. The number of carbonyl (C=O) groups is 2. The molecule has 3 aliphatic carbocycles. The van der Waals surface area contributed by atoms with E-state index in [1.165, 1.54) is 0 Å². The van der Waals surface area contributed by atoms with E-state index < -0.39 is 18.0 Å². The maximum absolute atomic E-state index is 10.6. The van der Waals surface area contributed by atoms with Crippen molar-refractivity contribution >= 4 is 11.9 Å². The van der Waals surface area contributed by atoms with E-state index in [1.54, 1.807) is 0 Å². The normalized spacial score (nSPS) is 38.7. The smallest absolute Gasteiger partial charge is 0.320 e. The van der Waals surface area contributed by atoms with Gasteiger partial charge in [0.05, 0.1) is 6.42 Å². The Kier molecular flexibility index (Phi) is 2.05. The van der Waals surface area contributed by atoms with Crippen molar-refractivity contribution in [3.63, 3.8) is 0 Å². The Balaban J connectivity index is 1.82. The molecule has 3 rings (SSSR count). The summed E-state index contributed by atoms with van der Waals surface area (Å²) >= 11 is 0. The highest BCUT2D eigenvalue weighted by atomic mass is 16.4. The van der Waals surface area contributed by atoms with Crippen LogP contribution in [-0.4, -0.2) is 28.2 Å². The van der Waals surface area contributed by atoms with Crippen LogP contribution in [0.2, 0.25) is 0 Å². The first kappa shape index (κ1) is 10.4. The third-order valence-corrected chi connectivity index (χ3v) is 3.75. The summed E-state index contributed by atoms with van der Waals surface area (Å²) in [6, 6.07) is -0.798. The van der Waals surface area contributed by atoms with Gasteiger partial charge in [-0.25, -0.2) is 0 Å². The van der Waals surface area contributed by atoms with Gasteiger partial charge in [-0.2, -0.15) is 0 Å². The average molecular weight is 213 g/mol. The molecule has 0 aromatic rings. The van der Waals surface area contributed by atoms with Crippen LogP contribution in [0.3, 0.4) is 0 Å². The van der Waals surface area contributed by atoms with E-state index in [1.807, 2.05) is 0 Å². The number of aliphatic carboxylic acids is 2. The van der Waals surface area contributed by atoms with Crippen molar-refractivity contribution in [1.82, 2.24) is 0 Å². The standard InChI is InChI=1S/C10H15NO4/c11-6(8(14)15)1-9-3-10(4-9,5-9)2-7(12)13/h6H,1-5,11H2,(H,12,13)(H,14,15)/t6-,9?,10?/m1/s1. The van der Waals surface area contributed by atoms with Crippen LogP contribution in [-0.2, 0) is 9.59 Å². The van der Waals surface area contributed by atoms with Gasteiger partial charge < -0.3 is 15.9 Å². The second-order valence-electron chi connectivity index (χ2n) is 5.25. The molecule has 5 nitrogen and oxygen atoms in total. The molecule has 0 radical (unpaired) electrons. The number of hydrogen-bond acceptors (Lipinski definition) is 3. The quantitative estimate of drug-likeness (QED) is 0.615. The first-order valence-electron chi connectivity index (χ1n) is 5.07. The Labute approximate surface area is 87.3 Å². The molecule has 2 bridgehead atoms. The molecule has 84 valence electrons. The van der Waals surface area contributed by atoms with E-state index in [4.69, 9.17) is 15.9 Å². The fourth-order valence-electron chi connectivity index (χ4n) is 3.51. The monoisotopic (exact) mass is 213 g/mol. The highest BCUT2D eigenvalue weighted by Crippen LogP contribution is 2.76. The topological polar surface area (TPSA) is 101 Å². The number of nitrogens with two attached hydrogens (primary N) is 1. The minimum atomic E-state index is -0.966. The molecule has 0 saturated heterocycles. The van der Waals surface area contributed by atoms with E-state index in [0.29, 0.717) is 6.42 Å². The molecule has 0 unspecified atom stereocenters. The van der Waals surface area contributed by atoms with Crippen molar-refractivity contribution in [2.75, 3.05) is 0 Å². The number of carboxylic acids is 2. The fraction of sp³-hybridized carbons (Fsp3) is 0.800. The van der Waals surface area contributed by atoms with Gasteiger partial charge in [0.25, 0.3) is 0 Å². The molecule has 0 aromatic heterocycles. The van der Waals surface area contributed by atoms with Crippen molar-refractivity contribution in [2.45, 2.75) is 38.1 Å². The lowest BCUT2D eigenvalue weighted by atomic mass is 9.33. The lowest BCUT2D eigenvalue weighted by Crippen LogP contribution is -2.64. The summed E-state index contributed by atoms with van der Waals surface area (Å²) in [5, 5.41) is 17.3. The Bertz CT molecular complexity index is 306. The second kappa shape index (κ2) is 2.95. The molecule has 15 heavy (non-hydrogen) atoms. The zero-order valence-corrected chi connectivity index (χ0v) is 8.40. The maximum atomic E-state index is 10.6. The predicted octanol–water partition coefficient (Wildman–Crippen LogP) is 0.433. The van der Waals surface area contributed by atoms with Gasteiger partial charge in [-0.05, 0) is 36.5 Å². The minimum absolute atomic E-state index is 0.0238. The third-order valence-electron chi connectivity index (χ3n) is 3.75. The van der Waals surface area contributed by atoms with Crippen molar-refractivity contribution in [2.24, 2.45) is 16.6 Å². The van der Waals surface area contributed by atoms with Gasteiger partial charge in [-0.3, -0.25) is 9.59 Å². The van der Waals surface area contributed by atoms with Gasteiger partial charge in [0.1, 0.15) is 6.04 Å². The van der Waals surface area contributed by atoms with Crippen molar-refractivity contribution in [3.05, 3.63) is 0 Å². The number of carboxylic acid groups (broad SMARTS) is 2. The first-order chi connectivity index (χ1) is 6.87. The Morgan fingerprint density at radius 3 is 2.13 bits per heavy atom. The summed E-state index contributed by atoms with van der Waals surface area (Å²) in [4.78, 5) is 21.1. The lowest BCUT2D eigenvalue weighted by Gasteiger charge is -2.71. The van der Waals surface area contributed by atoms with Crippen LogP contribution in [0.15, 0.2) is 0 Å². The van der Waals surface area contributed by atoms with E-state index in [9.17, 15) is 9.59 Å². The molecule has 0 spiro atoms. The molecule has 0 aromatic carbocycles. The number of hydrogen-bond donors (Lipinski definition) is 3. The van der Waals surface area contributed by atoms with Gasteiger partial charge in [-0.1, -0.05) is 0 Å². The Morgan fingerprint density at radius 2 is 1.73 bits per heavy atom. The molecule has 3 fully saturated rings. The highest BCUT2D eigenvalue weighted by molar-refractivity contribution is 5.73. The fourth-order valence-corrected chi connectivity index (χ4v) is 3.51. The van der Waals surface area contributed by atoms with Gasteiger partial charge >= 0.3 is 11.9 Å². The van der Waals surface area contributed by atoms with Crippen molar-refractivity contribution in [1.29, 1.82) is 0 Å². The second-order valence-corrected chi connectivity index (χ2v) is 5.25. The SMILES string of the molecule is N[C@H](CC12CC(CC(=O)O)(C1)C2)C(=O)O. The predicted molar refractivity (Wildman–Crippen MR) is 51.2 cm³/mol. The third kappa shape index (κ3) is 1.61. The minimum Gasteiger partial charge on any atom is -0.481 e. The molecular weight excluding hydrogens is 198 g/mol. The Morgan fingerprint density at radius 1 is 1.20 bits per heavy atom. The molecule has 0 heterocycles. The molecule has 0 aliphatic heterocycles. The van der Waals surface area contributed by atoms with E-state index in [0.717, 1.165) is 19.3 Å². The molecular formula is C10H15NO4. The molecule has 3 aliphatic rings. The van der Waals surface area contributed by atoms with Crippen LogP contribution in [0.25, 0.3) is 0 Å². The van der Waals surface area contributed by atoms with E-state index in [-0.39, 0.29) is 17.3 Å². The zero-order valence-electron chi connectivity index (χ0n) is 8.40. The summed E-state index contributed by atoms with van der Waals surface area (Å²) in [6.45, 7) is 0. The summed E-state index contributed by atoms with van der Waals surface area (Å²) < 4.78 is 0. The molecule has 3 saturated carbocycles. The largest absolute Gasteiger partial charge is 0.481 e. The van der Waals surface area contributed by atoms with Gasteiger partial charge in [-0.15, -0.1) is 0 Å². The first-order valence-corrected chi connectivity index (χ1v) is 5.07. The number of rotatable bonds is 5. The Hall–Kier alpha value is -1.10. The molecule has 5 heteroatoms. The van der Waals surface area contributed by atoms with Crippen LogP contribution in [0.1, 0.15) is 32.1 Å².